The van der Waals surface area contributed by atoms with Gasteiger partial charge in [0.15, 0.2) is 0 Å². The lowest BCUT2D eigenvalue weighted by molar-refractivity contribution is -0.139. The van der Waals surface area contributed by atoms with Crippen molar-refractivity contribution in [3.8, 4) is 0 Å². The van der Waals surface area contributed by atoms with Gasteiger partial charge in [-0.15, -0.1) is 0 Å². The van der Waals surface area contributed by atoms with Gasteiger partial charge in [0, 0.05) is 19.6 Å². The Morgan fingerprint density at radius 2 is 2.29 bits per heavy atom. The number of hydrogen-bond donors (Lipinski definition) is 1. The molecule has 0 aliphatic carbocycles. The van der Waals surface area contributed by atoms with Crippen LogP contribution in [0.4, 0.5) is 0 Å². The van der Waals surface area contributed by atoms with Crippen LogP contribution in [0.2, 0.25) is 0 Å². The lowest BCUT2D eigenvalue weighted by atomic mass is 9.91. The van der Waals surface area contributed by atoms with E-state index >= 15 is 0 Å². The highest BCUT2D eigenvalue weighted by atomic mass is 16.2. The molecule has 1 rings (SSSR count). The van der Waals surface area contributed by atoms with Crippen molar-refractivity contribution in [2.45, 2.75) is 27.2 Å². The first kappa shape index (κ1) is 11.2. The third-order valence-corrected chi connectivity index (χ3v) is 2.71. The van der Waals surface area contributed by atoms with Gasteiger partial charge < -0.3 is 10.6 Å². The zero-order valence-electron chi connectivity index (χ0n) is 9.34. The van der Waals surface area contributed by atoms with Gasteiger partial charge >= 0.3 is 0 Å². The van der Waals surface area contributed by atoms with Crippen LogP contribution in [0.1, 0.15) is 27.2 Å². The van der Waals surface area contributed by atoms with E-state index in [2.05, 4.69) is 13.0 Å². The van der Waals surface area contributed by atoms with Crippen molar-refractivity contribution in [1.29, 1.82) is 0 Å². The first-order valence-electron chi connectivity index (χ1n) is 5.12. The SMILES string of the molecule is CC1=CCCN(C(=O)C(C)(C)CN)C1. The summed E-state index contributed by atoms with van der Waals surface area (Å²) in [4.78, 5) is 13.9. The highest BCUT2D eigenvalue weighted by Gasteiger charge is 2.31. The summed E-state index contributed by atoms with van der Waals surface area (Å²) >= 11 is 0. The molecule has 0 fully saturated rings. The van der Waals surface area contributed by atoms with E-state index in [9.17, 15) is 4.79 Å². The molecule has 0 aromatic heterocycles. The van der Waals surface area contributed by atoms with Gasteiger partial charge in [-0.2, -0.15) is 0 Å². The zero-order valence-corrected chi connectivity index (χ0v) is 9.34. The number of rotatable bonds is 2. The standard InChI is InChI=1S/C11H20N2O/c1-9-5-4-6-13(7-9)10(14)11(2,3)8-12/h5H,4,6-8,12H2,1-3H3. The number of amides is 1. The second-order valence-corrected chi connectivity index (χ2v) is 4.65. The fourth-order valence-electron chi connectivity index (χ4n) is 1.60. The maximum absolute atomic E-state index is 12.0. The Morgan fingerprint density at radius 3 is 2.79 bits per heavy atom. The fourth-order valence-corrected chi connectivity index (χ4v) is 1.60. The molecule has 1 aliphatic rings. The molecule has 0 spiro atoms. The van der Waals surface area contributed by atoms with E-state index < -0.39 is 5.41 Å². The van der Waals surface area contributed by atoms with Gasteiger partial charge in [0.05, 0.1) is 5.41 Å². The Labute approximate surface area is 86.0 Å². The molecule has 0 aromatic carbocycles. The van der Waals surface area contributed by atoms with Gasteiger partial charge in [0.25, 0.3) is 0 Å². The van der Waals surface area contributed by atoms with E-state index in [0.717, 1.165) is 19.5 Å². The summed E-state index contributed by atoms with van der Waals surface area (Å²) in [6.07, 6.45) is 3.16. The maximum atomic E-state index is 12.0. The summed E-state index contributed by atoms with van der Waals surface area (Å²) in [6, 6.07) is 0. The second kappa shape index (κ2) is 4.13. The fraction of sp³-hybridized carbons (Fsp3) is 0.727. The Morgan fingerprint density at radius 1 is 1.64 bits per heavy atom. The van der Waals surface area contributed by atoms with Crippen LogP contribution in [-0.4, -0.2) is 30.4 Å². The van der Waals surface area contributed by atoms with E-state index in [-0.39, 0.29) is 5.91 Å². The molecule has 14 heavy (non-hydrogen) atoms. The van der Waals surface area contributed by atoms with E-state index in [1.165, 1.54) is 5.57 Å². The molecule has 0 atom stereocenters. The Kier molecular flexibility index (Phi) is 3.32. The van der Waals surface area contributed by atoms with Crippen molar-refractivity contribution >= 4 is 5.91 Å². The minimum atomic E-state index is -0.419. The van der Waals surface area contributed by atoms with Crippen LogP contribution < -0.4 is 5.73 Å². The second-order valence-electron chi connectivity index (χ2n) is 4.65. The molecule has 0 bridgehead atoms. The van der Waals surface area contributed by atoms with Gasteiger partial charge in [-0.05, 0) is 27.2 Å². The molecular formula is C11H20N2O. The normalized spacial score (nSPS) is 18.0. The van der Waals surface area contributed by atoms with Gasteiger partial charge in [-0.3, -0.25) is 4.79 Å². The first-order chi connectivity index (χ1) is 6.47. The summed E-state index contributed by atoms with van der Waals surface area (Å²) < 4.78 is 0. The van der Waals surface area contributed by atoms with Crippen molar-refractivity contribution in [2.75, 3.05) is 19.6 Å². The van der Waals surface area contributed by atoms with Crippen LogP contribution in [0.3, 0.4) is 0 Å². The third-order valence-electron chi connectivity index (χ3n) is 2.71. The van der Waals surface area contributed by atoms with Crippen molar-refractivity contribution in [1.82, 2.24) is 4.90 Å². The monoisotopic (exact) mass is 196 g/mol. The third kappa shape index (κ3) is 2.35. The largest absolute Gasteiger partial charge is 0.338 e. The molecular weight excluding hydrogens is 176 g/mol. The molecule has 3 heteroatoms. The zero-order chi connectivity index (χ0) is 10.8. The van der Waals surface area contributed by atoms with Gasteiger partial charge in [0.2, 0.25) is 5.91 Å². The molecule has 2 N–H and O–H groups in total. The maximum Gasteiger partial charge on any atom is 0.229 e. The minimum Gasteiger partial charge on any atom is -0.338 e. The van der Waals surface area contributed by atoms with Crippen LogP contribution in [0.15, 0.2) is 11.6 Å². The van der Waals surface area contributed by atoms with Crippen molar-refractivity contribution < 1.29 is 4.79 Å². The Bertz CT molecular complexity index is 256. The Balaban J connectivity index is 2.67. The van der Waals surface area contributed by atoms with Crippen molar-refractivity contribution in [3.05, 3.63) is 11.6 Å². The van der Waals surface area contributed by atoms with E-state index in [0.29, 0.717) is 6.54 Å². The van der Waals surface area contributed by atoms with Crippen LogP contribution >= 0.6 is 0 Å². The molecule has 0 saturated carbocycles. The topological polar surface area (TPSA) is 46.3 Å². The summed E-state index contributed by atoms with van der Waals surface area (Å²) in [5.74, 6) is 0.174. The number of hydrogen-bond acceptors (Lipinski definition) is 2. The minimum absolute atomic E-state index is 0.174. The molecule has 0 saturated heterocycles. The van der Waals surface area contributed by atoms with Crippen molar-refractivity contribution in [3.63, 3.8) is 0 Å². The number of nitrogens with zero attached hydrogens (tertiary/aromatic N) is 1. The molecule has 1 aliphatic heterocycles. The highest BCUT2D eigenvalue weighted by molar-refractivity contribution is 5.82. The molecule has 1 amide bonds. The molecule has 0 radical (unpaired) electrons. The molecule has 1 heterocycles. The van der Waals surface area contributed by atoms with Crippen LogP contribution in [0.25, 0.3) is 0 Å². The van der Waals surface area contributed by atoms with Gasteiger partial charge in [-0.1, -0.05) is 11.6 Å². The van der Waals surface area contributed by atoms with Crippen LogP contribution in [0.5, 0.6) is 0 Å². The average molecular weight is 196 g/mol. The molecule has 80 valence electrons. The number of carbonyl (C=O) groups excluding carboxylic acids is 1. The summed E-state index contributed by atoms with van der Waals surface area (Å²) in [5, 5.41) is 0. The van der Waals surface area contributed by atoms with Gasteiger partial charge in [-0.25, -0.2) is 0 Å². The van der Waals surface area contributed by atoms with Crippen LogP contribution in [0, 0.1) is 5.41 Å². The Hall–Kier alpha value is -0.830. The predicted octanol–water partition coefficient (Wildman–Crippen LogP) is 1.15. The van der Waals surface area contributed by atoms with E-state index in [4.69, 9.17) is 5.73 Å². The lowest BCUT2D eigenvalue weighted by Crippen LogP contribution is -2.46. The highest BCUT2D eigenvalue weighted by Crippen LogP contribution is 2.20. The molecule has 0 unspecified atom stereocenters. The smallest absolute Gasteiger partial charge is 0.229 e. The first-order valence-corrected chi connectivity index (χ1v) is 5.12. The summed E-state index contributed by atoms with van der Waals surface area (Å²) in [5.41, 5.74) is 6.44. The van der Waals surface area contributed by atoms with E-state index in [1.54, 1.807) is 0 Å². The van der Waals surface area contributed by atoms with Crippen LogP contribution in [-0.2, 0) is 4.79 Å². The van der Waals surface area contributed by atoms with Gasteiger partial charge in [0.1, 0.15) is 0 Å². The molecule has 3 nitrogen and oxygen atoms in total. The molecule has 0 aromatic rings. The van der Waals surface area contributed by atoms with E-state index in [1.807, 2.05) is 18.7 Å². The van der Waals surface area contributed by atoms with Crippen molar-refractivity contribution in [2.24, 2.45) is 11.1 Å². The quantitative estimate of drug-likeness (QED) is 0.673. The average Bonchev–Trinajstić information content (AvgIpc) is 2.16. The predicted molar refractivity (Wildman–Crippen MR) is 57.8 cm³/mol. The summed E-state index contributed by atoms with van der Waals surface area (Å²) in [7, 11) is 0. The number of carbonyl (C=O) groups is 1. The lowest BCUT2D eigenvalue weighted by Gasteiger charge is -2.33. The number of nitrogens with two attached hydrogens (primary N) is 1. The summed E-state index contributed by atoms with van der Waals surface area (Å²) in [6.45, 7) is 7.88.